The van der Waals surface area contributed by atoms with E-state index >= 15 is 0 Å². The molecule has 0 amide bonds. The van der Waals surface area contributed by atoms with Gasteiger partial charge in [-0.05, 0) is 31.9 Å². The highest BCUT2D eigenvalue weighted by atomic mass is 32.2. The fraction of sp³-hybridized carbons (Fsp3) is 0.444. The summed E-state index contributed by atoms with van der Waals surface area (Å²) in [5, 5.41) is -0.0642. The molecule has 1 aliphatic carbocycles. The molecule has 7 heteroatoms. The molecule has 6 nitrogen and oxygen atoms in total. The first-order valence-electron chi connectivity index (χ1n) is 4.92. The molecule has 0 radical (unpaired) electrons. The molecule has 1 aromatic rings. The predicted octanol–water partition coefficient (Wildman–Crippen LogP) is 0.198. The van der Waals surface area contributed by atoms with Gasteiger partial charge in [-0.15, -0.1) is 0 Å². The molecule has 0 aliphatic heterocycles. The van der Waals surface area contributed by atoms with Crippen LogP contribution in [0.5, 0.6) is 0 Å². The van der Waals surface area contributed by atoms with Gasteiger partial charge in [0.05, 0.1) is 5.69 Å². The number of rotatable bonds is 4. The second-order valence-corrected chi connectivity index (χ2v) is 5.76. The fourth-order valence-electron chi connectivity index (χ4n) is 1.38. The van der Waals surface area contributed by atoms with Gasteiger partial charge < -0.3 is 5.43 Å². The van der Waals surface area contributed by atoms with E-state index in [1.54, 1.807) is 12.1 Å². The summed E-state index contributed by atoms with van der Waals surface area (Å²) >= 11 is 0. The third-order valence-corrected chi connectivity index (χ3v) is 4.16. The molecule has 0 aromatic carbocycles. The lowest BCUT2D eigenvalue weighted by atomic mass is 10.4. The maximum Gasteiger partial charge on any atom is 0.260 e. The van der Waals surface area contributed by atoms with E-state index in [9.17, 15) is 8.42 Å². The number of hydrazine groups is 1. The number of nitrogen functional groups attached to an aromatic ring is 1. The van der Waals surface area contributed by atoms with E-state index in [1.165, 1.54) is 6.20 Å². The quantitative estimate of drug-likeness (QED) is 0.517. The number of hydrogen-bond donors (Lipinski definition) is 3. The van der Waals surface area contributed by atoms with Crippen molar-refractivity contribution in [2.24, 2.45) is 5.84 Å². The van der Waals surface area contributed by atoms with E-state index < -0.39 is 10.0 Å². The number of anilines is 1. The minimum absolute atomic E-state index is 0.0642. The lowest BCUT2D eigenvalue weighted by Gasteiger charge is -2.13. The highest BCUT2D eigenvalue weighted by Crippen LogP contribution is 2.36. The Labute approximate surface area is 94.3 Å². The second-order valence-electron chi connectivity index (χ2n) is 4.17. The maximum atomic E-state index is 12.0. The van der Waals surface area contributed by atoms with E-state index in [2.05, 4.69) is 15.1 Å². The monoisotopic (exact) mass is 242 g/mol. The average molecular weight is 242 g/mol. The molecule has 16 heavy (non-hydrogen) atoms. The summed E-state index contributed by atoms with van der Waals surface area (Å²) in [5.41, 5.74) is 2.30. The normalized spacial score (nSPS) is 18.1. The first-order chi connectivity index (χ1) is 7.47. The van der Waals surface area contributed by atoms with E-state index in [0.29, 0.717) is 5.69 Å². The number of nitrogens with two attached hydrogens (primary N) is 1. The van der Waals surface area contributed by atoms with Crippen LogP contribution in [0, 0.1) is 0 Å². The lowest BCUT2D eigenvalue weighted by molar-refractivity contribution is 0.555. The topological polar surface area (TPSA) is 97.1 Å². The van der Waals surface area contributed by atoms with Crippen molar-refractivity contribution < 1.29 is 8.42 Å². The summed E-state index contributed by atoms with van der Waals surface area (Å²) in [5.74, 6) is 5.24. The first kappa shape index (κ1) is 11.3. The van der Waals surface area contributed by atoms with Gasteiger partial charge in [-0.3, -0.25) is 5.84 Å². The summed E-state index contributed by atoms with van der Waals surface area (Å²) in [4.78, 5) is 3.84. The molecule has 0 spiro atoms. The molecule has 2 rings (SSSR count). The highest BCUT2D eigenvalue weighted by molar-refractivity contribution is 7.89. The van der Waals surface area contributed by atoms with Crippen LogP contribution in [0.1, 0.15) is 19.8 Å². The average Bonchev–Trinajstić information content (AvgIpc) is 2.95. The molecule has 1 saturated carbocycles. The van der Waals surface area contributed by atoms with Crippen molar-refractivity contribution in [2.75, 3.05) is 5.43 Å². The first-order valence-corrected chi connectivity index (χ1v) is 6.41. The van der Waals surface area contributed by atoms with Crippen LogP contribution in [0.25, 0.3) is 0 Å². The van der Waals surface area contributed by atoms with E-state index in [4.69, 9.17) is 5.84 Å². The zero-order valence-electron chi connectivity index (χ0n) is 8.90. The Hall–Kier alpha value is -1.18. The van der Waals surface area contributed by atoms with Crippen LogP contribution < -0.4 is 16.0 Å². The van der Waals surface area contributed by atoms with Crippen LogP contribution >= 0.6 is 0 Å². The lowest BCUT2D eigenvalue weighted by Crippen LogP contribution is -2.35. The molecule has 1 heterocycles. The minimum atomic E-state index is -3.60. The number of nitrogens with zero attached hydrogens (tertiary/aromatic N) is 1. The van der Waals surface area contributed by atoms with Crippen molar-refractivity contribution in [1.82, 2.24) is 9.71 Å². The SMILES string of the molecule is CC1(NS(=O)(=O)c2ncccc2NN)CC1. The Balaban J connectivity index is 2.35. The van der Waals surface area contributed by atoms with Gasteiger partial charge in [0.25, 0.3) is 10.0 Å². The third kappa shape index (κ3) is 2.16. The number of nitrogens with one attached hydrogen (secondary N) is 2. The van der Waals surface area contributed by atoms with Crippen molar-refractivity contribution in [3.8, 4) is 0 Å². The van der Waals surface area contributed by atoms with E-state index in [0.717, 1.165) is 12.8 Å². The summed E-state index contributed by atoms with van der Waals surface area (Å²) in [6.07, 6.45) is 3.12. The molecule has 1 aliphatic rings. The fourth-order valence-corrected chi connectivity index (χ4v) is 2.94. The Morgan fingerprint density at radius 3 is 2.75 bits per heavy atom. The summed E-state index contributed by atoms with van der Waals surface area (Å²) in [6, 6.07) is 3.18. The number of pyridine rings is 1. The molecule has 1 fully saturated rings. The summed E-state index contributed by atoms with van der Waals surface area (Å²) < 4.78 is 26.6. The molecular formula is C9H14N4O2S. The van der Waals surface area contributed by atoms with E-state index in [-0.39, 0.29) is 10.6 Å². The summed E-state index contributed by atoms with van der Waals surface area (Å²) in [6.45, 7) is 1.86. The van der Waals surface area contributed by atoms with E-state index in [1.807, 2.05) is 6.92 Å². The third-order valence-electron chi connectivity index (χ3n) is 2.56. The van der Waals surface area contributed by atoms with Crippen LogP contribution in [0.4, 0.5) is 5.69 Å². The van der Waals surface area contributed by atoms with Gasteiger partial charge in [0.1, 0.15) is 0 Å². The van der Waals surface area contributed by atoms with Crippen molar-refractivity contribution in [1.29, 1.82) is 0 Å². The predicted molar refractivity (Wildman–Crippen MR) is 60.0 cm³/mol. The number of hydrogen-bond acceptors (Lipinski definition) is 5. The zero-order chi connectivity index (χ0) is 11.8. The van der Waals surface area contributed by atoms with Crippen LogP contribution in [0.15, 0.2) is 23.4 Å². The van der Waals surface area contributed by atoms with Gasteiger partial charge in [0.15, 0.2) is 5.03 Å². The molecule has 0 unspecified atom stereocenters. The molecule has 4 N–H and O–H groups in total. The van der Waals surface area contributed by atoms with Crippen LogP contribution in [0.3, 0.4) is 0 Å². The molecular weight excluding hydrogens is 228 g/mol. The van der Waals surface area contributed by atoms with Gasteiger partial charge in [-0.1, -0.05) is 0 Å². The molecule has 0 atom stereocenters. The van der Waals surface area contributed by atoms with Gasteiger partial charge in [-0.2, -0.15) is 0 Å². The van der Waals surface area contributed by atoms with Gasteiger partial charge in [-0.25, -0.2) is 18.1 Å². The van der Waals surface area contributed by atoms with Crippen LogP contribution in [-0.4, -0.2) is 18.9 Å². The highest BCUT2D eigenvalue weighted by Gasteiger charge is 2.42. The van der Waals surface area contributed by atoms with Crippen molar-refractivity contribution in [3.63, 3.8) is 0 Å². The van der Waals surface area contributed by atoms with Gasteiger partial charge >= 0.3 is 0 Å². The Kier molecular flexibility index (Phi) is 2.61. The zero-order valence-corrected chi connectivity index (χ0v) is 9.71. The van der Waals surface area contributed by atoms with Crippen molar-refractivity contribution >= 4 is 15.7 Å². The van der Waals surface area contributed by atoms with Gasteiger partial charge in [0.2, 0.25) is 0 Å². The Morgan fingerprint density at radius 1 is 1.50 bits per heavy atom. The smallest absolute Gasteiger partial charge is 0.260 e. The largest absolute Gasteiger partial charge is 0.321 e. The Bertz CT molecular complexity index is 496. The number of sulfonamides is 1. The molecule has 0 saturated heterocycles. The second kappa shape index (κ2) is 3.69. The van der Waals surface area contributed by atoms with Crippen LogP contribution in [-0.2, 0) is 10.0 Å². The molecule has 1 aromatic heterocycles. The standard InChI is InChI=1S/C9H14N4O2S/c1-9(4-5-9)13-16(14,15)8-7(12-10)3-2-6-11-8/h2-3,6,12-13H,4-5,10H2,1H3. The van der Waals surface area contributed by atoms with Crippen LogP contribution in [0.2, 0.25) is 0 Å². The summed E-state index contributed by atoms with van der Waals surface area (Å²) in [7, 11) is -3.60. The number of aromatic nitrogens is 1. The minimum Gasteiger partial charge on any atom is -0.321 e. The maximum absolute atomic E-state index is 12.0. The van der Waals surface area contributed by atoms with Gasteiger partial charge in [0, 0.05) is 11.7 Å². The van der Waals surface area contributed by atoms with Crippen molar-refractivity contribution in [2.45, 2.75) is 30.3 Å². The molecule has 0 bridgehead atoms. The van der Waals surface area contributed by atoms with Crippen molar-refractivity contribution in [3.05, 3.63) is 18.3 Å². The molecule has 88 valence electrons. The Morgan fingerprint density at radius 2 is 2.19 bits per heavy atom.